The maximum atomic E-state index is 4.73. The number of nitrogens with zero attached hydrogens (tertiary/aromatic N) is 2. The van der Waals surface area contributed by atoms with Crippen molar-refractivity contribution >= 4 is 11.6 Å². The van der Waals surface area contributed by atoms with Crippen LogP contribution in [0, 0.1) is 0 Å². The monoisotopic (exact) mass is 260 g/mol. The zero-order valence-electron chi connectivity index (χ0n) is 12.0. The third kappa shape index (κ3) is 2.67. The highest BCUT2D eigenvalue weighted by Crippen LogP contribution is 2.41. The molecule has 0 bridgehead atoms. The molecule has 2 aliphatic carbocycles. The summed E-state index contributed by atoms with van der Waals surface area (Å²) in [5.74, 6) is 3.59. The molecule has 0 aliphatic heterocycles. The van der Waals surface area contributed by atoms with Crippen molar-refractivity contribution in [3.05, 3.63) is 11.9 Å². The number of aromatic nitrogens is 2. The molecule has 0 spiro atoms. The molecule has 0 amide bonds. The minimum Gasteiger partial charge on any atom is -0.370 e. The van der Waals surface area contributed by atoms with Crippen molar-refractivity contribution < 1.29 is 0 Å². The first-order valence-corrected chi connectivity index (χ1v) is 7.66. The number of nitrogens with one attached hydrogen (secondary N) is 2. The van der Waals surface area contributed by atoms with E-state index >= 15 is 0 Å². The van der Waals surface area contributed by atoms with Gasteiger partial charge in [-0.15, -0.1) is 0 Å². The zero-order chi connectivity index (χ0) is 13.3. The smallest absolute Gasteiger partial charge is 0.136 e. The van der Waals surface area contributed by atoms with Crippen molar-refractivity contribution in [2.45, 2.75) is 63.8 Å². The van der Waals surface area contributed by atoms with Crippen LogP contribution in [0.15, 0.2) is 6.07 Å². The predicted octanol–water partition coefficient (Wildman–Crippen LogP) is 3.53. The number of anilines is 2. The summed E-state index contributed by atoms with van der Waals surface area (Å²) in [4.78, 5) is 9.35. The van der Waals surface area contributed by atoms with Crippen LogP contribution in [-0.2, 0) is 0 Å². The molecule has 0 radical (unpaired) electrons. The van der Waals surface area contributed by atoms with Crippen LogP contribution in [-0.4, -0.2) is 22.1 Å². The van der Waals surface area contributed by atoms with Gasteiger partial charge in [-0.25, -0.2) is 9.97 Å². The second-order valence-corrected chi connectivity index (χ2v) is 5.91. The first-order valence-electron chi connectivity index (χ1n) is 7.66. The summed E-state index contributed by atoms with van der Waals surface area (Å²) in [5, 5.41) is 6.99. The van der Waals surface area contributed by atoms with Gasteiger partial charge in [0.25, 0.3) is 0 Å². The van der Waals surface area contributed by atoms with Crippen molar-refractivity contribution in [3.8, 4) is 0 Å². The maximum absolute atomic E-state index is 4.73. The van der Waals surface area contributed by atoms with Gasteiger partial charge in [0, 0.05) is 24.1 Å². The van der Waals surface area contributed by atoms with E-state index in [4.69, 9.17) is 4.98 Å². The molecule has 19 heavy (non-hydrogen) atoms. The standard InChI is InChI=1S/C15H24N4/c1-3-15(8-5-9-15)19-13-10-12(16-4-2)17-14(18-13)11-6-7-11/h10-11H,3-9H2,1-2H3,(H2,16,17,18,19). The summed E-state index contributed by atoms with van der Waals surface area (Å²) >= 11 is 0. The lowest BCUT2D eigenvalue weighted by Crippen LogP contribution is -2.44. The second kappa shape index (κ2) is 4.99. The zero-order valence-corrected chi connectivity index (χ0v) is 12.0. The highest BCUT2D eigenvalue weighted by Gasteiger charge is 2.36. The Labute approximate surface area is 115 Å². The molecule has 2 fully saturated rings. The highest BCUT2D eigenvalue weighted by atomic mass is 15.1. The predicted molar refractivity (Wildman–Crippen MR) is 78.7 cm³/mol. The van der Waals surface area contributed by atoms with Gasteiger partial charge in [-0.2, -0.15) is 0 Å². The Kier molecular flexibility index (Phi) is 3.33. The van der Waals surface area contributed by atoms with Gasteiger partial charge in [0.15, 0.2) is 0 Å². The molecule has 2 saturated carbocycles. The lowest BCUT2D eigenvalue weighted by atomic mass is 9.75. The molecule has 0 aromatic carbocycles. The molecule has 3 rings (SSSR count). The fraction of sp³-hybridized carbons (Fsp3) is 0.733. The summed E-state index contributed by atoms with van der Waals surface area (Å²) in [6, 6.07) is 2.06. The van der Waals surface area contributed by atoms with E-state index < -0.39 is 0 Å². The fourth-order valence-corrected chi connectivity index (χ4v) is 2.77. The molecule has 2 aliphatic rings. The van der Waals surface area contributed by atoms with Crippen LogP contribution in [0.1, 0.15) is 64.1 Å². The van der Waals surface area contributed by atoms with E-state index in [2.05, 4.69) is 35.5 Å². The number of rotatable bonds is 6. The average Bonchev–Trinajstić information content (AvgIpc) is 3.18. The SMILES string of the molecule is CCNc1cc(NC2(CC)CCC2)nc(C2CC2)n1. The Bertz CT molecular complexity index is 444. The summed E-state index contributed by atoms with van der Waals surface area (Å²) in [7, 11) is 0. The highest BCUT2D eigenvalue weighted by molar-refractivity contribution is 5.50. The number of hydrogen-bond donors (Lipinski definition) is 2. The molecule has 1 heterocycles. The van der Waals surface area contributed by atoms with Crippen LogP contribution in [0.4, 0.5) is 11.6 Å². The fourth-order valence-electron chi connectivity index (χ4n) is 2.77. The molecule has 2 N–H and O–H groups in total. The maximum Gasteiger partial charge on any atom is 0.136 e. The molecule has 0 saturated heterocycles. The average molecular weight is 260 g/mol. The van der Waals surface area contributed by atoms with E-state index in [0.717, 1.165) is 24.0 Å². The van der Waals surface area contributed by atoms with E-state index in [9.17, 15) is 0 Å². The van der Waals surface area contributed by atoms with Gasteiger partial charge in [-0.1, -0.05) is 6.92 Å². The minimum absolute atomic E-state index is 0.290. The quantitative estimate of drug-likeness (QED) is 0.821. The molecule has 4 nitrogen and oxygen atoms in total. The molecule has 0 unspecified atom stereocenters. The Morgan fingerprint density at radius 3 is 2.47 bits per heavy atom. The third-order valence-electron chi connectivity index (χ3n) is 4.42. The molecule has 4 heteroatoms. The van der Waals surface area contributed by atoms with Crippen LogP contribution >= 0.6 is 0 Å². The van der Waals surface area contributed by atoms with Gasteiger partial charge in [-0.3, -0.25) is 0 Å². The molecule has 0 atom stereocenters. The van der Waals surface area contributed by atoms with Crippen molar-refractivity contribution in [1.29, 1.82) is 0 Å². The Morgan fingerprint density at radius 2 is 1.95 bits per heavy atom. The first kappa shape index (κ1) is 12.7. The van der Waals surface area contributed by atoms with Gasteiger partial charge in [0.1, 0.15) is 17.5 Å². The molecular formula is C15H24N4. The Hall–Kier alpha value is -1.32. The van der Waals surface area contributed by atoms with Gasteiger partial charge in [0.2, 0.25) is 0 Å². The largest absolute Gasteiger partial charge is 0.370 e. The normalized spacial score (nSPS) is 20.7. The van der Waals surface area contributed by atoms with Gasteiger partial charge >= 0.3 is 0 Å². The van der Waals surface area contributed by atoms with Crippen LogP contribution in [0.3, 0.4) is 0 Å². The van der Waals surface area contributed by atoms with E-state index in [0.29, 0.717) is 11.5 Å². The van der Waals surface area contributed by atoms with Crippen molar-refractivity contribution in [1.82, 2.24) is 9.97 Å². The van der Waals surface area contributed by atoms with E-state index in [1.807, 2.05) is 0 Å². The molecule has 104 valence electrons. The van der Waals surface area contributed by atoms with Gasteiger partial charge in [0.05, 0.1) is 0 Å². The lowest BCUT2D eigenvalue weighted by Gasteiger charge is -2.42. The van der Waals surface area contributed by atoms with Crippen molar-refractivity contribution in [2.75, 3.05) is 17.2 Å². The van der Waals surface area contributed by atoms with Crippen LogP contribution < -0.4 is 10.6 Å². The molecule has 1 aromatic heterocycles. The van der Waals surface area contributed by atoms with Crippen molar-refractivity contribution in [2.24, 2.45) is 0 Å². The van der Waals surface area contributed by atoms with E-state index in [1.165, 1.54) is 38.5 Å². The Balaban J connectivity index is 1.82. The molecule has 1 aromatic rings. The van der Waals surface area contributed by atoms with Crippen LogP contribution in [0.2, 0.25) is 0 Å². The summed E-state index contributed by atoms with van der Waals surface area (Å²) in [6.07, 6.45) is 7.53. The topological polar surface area (TPSA) is 49.8 Å². The van der Waals surface area contributed by atoms with E-state index in [1.54, 1.807) is 0 Å². The first-order chi connectivity index (χ1) is 9.24. The second-order valence-electron chi connectivity index (χ2n) is 5.91. The third-order valence-corrected chi connectivity index (χ3v) is 4.42. The number of hydrogen-bond acceptors (Lipinski definition) is 4. The lowest BCUT2D eigenvalue weighted by molar-refractivity contribution is 0.268. The van der Waals surface area contributed by atoms with E-state index in [-0.39, 0.29) is 0 Å². The summed E-state index contributed by atoms with van der Waals surface area (Å²) in [6.45, 7) is 5.27. The molecular weight excluding hydrogens is 236 g/mol. The minimum atomic E-state index is 0.290. The Morgan fingerprint density at radius 1 is 1.21 bits per heavy atom. The summed E-state index contributed by atoms with van der Waals surface area (Å²) < 4.78 is 0. The van der Waals surface area contributed by atoms with Crippen LogP contribution in [0.25, 0.3) is 0 Å². The van der Waals surface area contributed by atoms with Crippen LogP contribution in [0.5, 0.6) is 0 Å². The summed E-state index contributed by atoms with van der Waals surface area (Å²) in [5.41, 5.74) is 0.290. The van der Waals surface area contributed by atoms with Gasteiger partial charge in [-0.05, 0) is 45.4 Å². The van der Waals surface area contributed by atoms with Gasteiger partial charge < -0.3 is 10.6 Å². The van der Waals surface area contributed by atoms with Crippen molar-refractivity contribution in [3.63, 3.8) is 0 Å².